The molecule has 0 fully saturated rings. The SMILES string of the molecule is COC(=O)c1ccccc1-n1ncc(NCc2cnn(-c3ccccc3)c2)c(Cl)c1=O. The second-order valence-electron chi connectivity index (χ2n) is 6.58. The Hall–Kier alpha value is -3.91. The van der Waals surface area contributed by atoms with Crippen molar-refractivity contribution in [2.24, 2.45) is 0 Å². The van der Waals surface area contributed by atoms with Gasteiger partial charge in [0.15, 0.2) is 0 Å². The normalized spacial score (nSPS) is 10.6. The van der Waals surface area contributed by atoms with Crippen LogP contribution in [-0.4, -0.2) is 32.6 Å². The molecule has 9 heteroatoms. The van der Waals surface area contributed by atoms with E-state index in [0.717, 1.165) is 15.9 Å². The third kappa shape index (κ3) is 4.19. The highest BCUT2D eigenvalue weighted by Crippen LogP contribution is 2.20. The number of nitrogens with zero attached hydrogens (tertiary/aromatic N) is 4. The molecule has 1 N–H and O–H groups in total. The highest BCUT2D eigenvalue weighted by Gasteiger charge is 2.17. The summed E-state index contributed by atoms with van der Waals surface area (Å²) in [6, 6.07) is 16.3. The molecule has 0 aliphatic carbocycles. The first-order chi connectivity index (χ1) is 15.1. The largest absolute Gasteiger partial charge is 0.465 e. The van der Waals surface area contributed by atoms with Crippen molar-refractivity contribution in [1.29, 1.82) is 0 Å². The molecule has 31 heavy (non-hydrogen) atoms. The van der Waals surface area contributed by atoms with Crippen LogP contribution in [-0.2, 0) is 11.3 Å². The number of carbonyl (C=O) groups excluding carboxylic acids is 1. The lowest BCUT2D eigenvalue weighted by atomic mass is 10.2. The first-order valence-electron chi connectivity index (χ1n) is 9.37. The van der Waals surface area contributed by atoms with Gasteiger partial charge in [0.1, 0.15) is 5.02 Å². The molecule has 2 heterocycles. The Morgan fingerprint density at radius 1 is 1.06 bits per heavy atom. The van der Waals surface area contributed by atoms with Crippen LogP contribution in [0.3, 0.4) is 0 Å². The Balaban J connectivity index is 1.56. The molecule has 156 valence electrons. The molecule has 4 aromatic rings. The minimum Gasteiger partial charge on any atom is -0.465 e. The molecular weight excluding hydrogens is 418 g/mol. The molecule has 0 radical (unpaired) electrons. The van der Waals surface area contributed by atoms with Crippen molar-refractivity contribution in [3.63, 3.8) is 0 Å². The molecule has 2 aromatic carbocycles. The lowest BCUT2D eigenvalue weighted by molar-refractivity contribution is 0.0600. The Bertz CT molecular complexity index is 1280. The molecule has 0 amide bonds. The molecule has 0 unspecified atom stereocenters. The molecule has 0 spiro atoms. The number of anilines is 1. The topological polar surface area (TPSA) is 91.0 Å². The van der Waals surface area contributed by atoms with Gasteiger partial charge in [-0.2, -0.15) is 14.9 Å². The summed E-state index contributed by atoms with van der Waals surface area (Å²) in [5.41, 5.74) is 2.18. The third-order valence-corrected chi connectivity index (χ3v) is 4.96. The number of benzene rings is 2. The van der Waals surface area contributed by atoms with Crippen molar-refractivity contribution >= 4 is 23.3 Å². The van der Waals surface area contributed by atoms with Gasteiger partial charge in [0.05, 0.1) is 42.1 Å². The fraction of sp³-hybridized carbons (Fsp3) is 0.0909. The van der Waals surface area contributed by atoms with Crippen LogP contribution in [0, 0.1) is 0 Å². The summed E-state index contributed by atoms with van der Waals surface area (Å²) in [4.78, 5) is 24.8. The van der Waals surface area contributed by atoms with E-state index in [1.165, 1.54) is 13.3 Å². The van der Waals surface area contributed by atoms with Crippen molar-refractivity contribution in [1.82, 2.24) is 19.6 Å². The zero-order valence-corrected chi connectivity index (χ0v) is 17.3. The molecule has 4 rings (SSSR count). The molecular formula is C22H18ClN5O3. The summed E-state index contributed by atoms with van der Waals surface area (Å²) >= 11 is 6.31. The molecule has 0 aliphatic rings. The molecule has 0 aliphatic heterocycles. The number of carbonyl (C=O) groups is 1. The number of esters is 1. The fourth-order valence-corrected chi connectivity index (χ4v) is 3.23. The van der Waals surface area contributed by atoms with Gasteiger partial charge >= 0.3 is 5.97 Å². The zero-order valence-electron chi connectivity index (χ0n) is 16.5. The maximum atomic E-state index is 12.8. The van der Waals surface area contributed by atoms with Crippen LogP contribution in [0.5, 0.6) is 0 Å². The Morgan fingerprint density at radius 2 is 1.81 bits per heavy atom. The molecule has 0 atom stereocenters. The number of hydrogen-bond acceptors (Lipinski definition) is 6. The fourth-order valence-electron chi connectivity index (χ4n) is 3.04. The van der Waals surface area contributed by atoms with Crippen molar-refractivity contribution in [3.8, 4) is 11.4 Å². The number of ether oxygens (including phenoxy) is 1. The standard InChI is InChI=1S/C22H18ClN5O3/c1-31-22(30)17-9-5-6-10-19(17)28-21(29)20(23)18(13-26-28)24-11-15-12-25-27(14-15)16-7-3-2-4-8-16/h2-10,12-14,24H,11H2,1H3. The molecule has 2 aromatic heterocycles. The first-order valence-corrected chi connectivity index (χ1v) is 9.74. The summed E-state index contributed by atoms with van der Waals surface area (Å²) in [5, 5.41) is 11.6. The van der Waals surface area contributed by atoms with Gasteiger partial charge in [-0.3, -0.25) is 4.79 Å². The van der Waals surface area contributed by atoms with E-state index in [1.54, 1.807) is 35.1 Å². The van der Waals surface area contributed by atoms with Gasteiger partial charge in [0, 0.05) is 18.3 Å². The maximum Gasteiger partial charge on any atom is 0.340 e. The maximum absolute atomic E-state index is 12.8. The Kier molecular flexibility index (Phi) is 5.81. The monoisotopic (exact) mass is 435 g/mol. The summed E-state index contributed by atoms with van der Waals surface area (Å²) < 4.78 is 7.62. The number of rotatable bonds is 6. The average Bonchev–Trinajstić information content (AvgIpc) is 3.29. The summed E-state index contributed by atoms with van der Waals surface area (Å²) in [7, 11) is 1.27. The Morgan fingerprint density at radius 3 is 2.58 bits per heavy atom. The second-order valence-corrected chi connectivity index (χ2v) is 6.96. The molecule has 8 nitrogen and oxygen atoms in total. The number of halogens is 1. The van der Waals surface area contributed by atoms with E-state index in [9.17, 15) is 9.59 Å². The van der Waals surface area contributed by atoms with Gasteiger partial charge in [-0.25, -0.2) is 9.48 Å². The van der Waals surface area contributed by atoms with Gasteiger partial charge in [0.2, 0.25) is 0 Å². The van der Waals surface area contributed by atoms with Crippen molar-refractivity contribution < 1.29 is 9.53 Å². The molecule has 0 saturated heterocycles. The van der Waals surface area contributed by atoms with Crippen molar-refractivity contribution in [2.75, 3.05) is 12.4 Å². The van der Waals surface area contributed by atoms with E-state index in [0.29, 0.717) is 12.2 Å². The predicted molar refractivity (Wildman–Crippen MR) is 117 cm³/mol. The minimum atomic E-state index is -0.571. The van der Waals surface area contributed by atoms with Gasteiger partial charge in [0.25, 0.3) is 5.56 Å². The number of hydrogen-bond donors (Lipinski definition) is 1. The third-order valence-electron chi connectivity index (χ3n) is 4.60. The van der Waals surface area contributed by atoms with Crippen LogP contribution in [0.2, 0.25) is 5.02 Å². The number of para-hydroxylation sites is 2. The lowest BCUT2D eigenvalue weighted by Crippen LogP contribution is -2.24. The summed E-state index contributed by atoms with van der Waals surface area (Å²) in [6.07, 6.45) is 5.06. The smallest absolute Gasteiger partial charge is 0.340 e. The van der Waals surface area contributed by atoms with Crippen molar-refractivity contribution in [3.05, 3.63) is 99.7 Å². The Labute approximate surface area is 182 Å². The van der Waals surface area contributed by atoms with Gasteiger partial charge in [-0.05, 0) is 24.3 Å². The van der Waals surface area contributed by atoms with Crippen LogP contribution in [0.1, 0.15) is 15.9 Å². The van der Waals surface area contributed by atoms with E-state index in [1.807, 2.05) is 36.5 Å². The summed E-state index contributed by atoms with van der Waals surface area (Å²) in [5.74, 6) is -0.571. The highest BCUT2D eigenvalue weighted by atomic mass is 35.5. The summed E-state index contributed by atoms with van der Waals surface area (Å²) in [6.45, 7) is 0.399. The van der Waals surface area contributed by atoms with Crippen LogP contribution in [0.25, 0.3) is 11.4 Å². The quantitative estimate of drug-likeness (QED) is 0.466. The van der Waals surface area contributed by atoms with Gasteiger partial charge in [-0.1, -0.05) is 41.9 Å². The van der Waals surface area contributed by atoms with Crippen LogP contribution >= 0.6 is 11.6 Å². The van der Waals surface area contributed by atoms with Crippen LogP contribution in [0.15, 0.2) is 78.0 Å². The first kappa shape index (κ1) is 20.4. The average molecular weight is 436 g/mol. The van der Waals surface area contributed by atoms with E-state index in [4.69, 9.17) is 16.3 Å². The molecule has 0 bridgehead atoms. The van der Waals surface area contributed by atoms with Gasteiger partial charge in [-0.15, -0.1) is 0 Å². The molecule has 0 saturated carbocycles. The van der Waals surface area contributed by atoms with Crippen LogP contribution < -0.4 is 10.9 Å². The van der Waals surface area contributed by atoms with Crippen molar-refractivity contribution in [2.45, 2.75) is 6.54 Å². The lowest BCUT2D eigenvalue weighted by Gasteiger charge is -2.12. The number of methoxy groups -OCH3 is 1. The minimum absolute atomic E-state index is 0.0369. The highest BCUT2D eigenvalue weighted by molar-refractivity contribution is 6.32. The van der Waals surface area contributed by atoms with Gasteiger partial charge < -0.3 is 10.1 Å². The zero-order chi connectivity index (χ0) is 21.8. The predicted octanol–water partition coefficient (Wildman–Crippen LogP) is 3.47. The van der Waals surface area contributed by atoms with Crippen LogP contribution in [0.4, 0.5) is 5.69 Å². The van der Waals surface area contributed by atoms with E-state index >= 15 is 0 Å². The number of nitrogens with one attached hydrogen (secondary N) is 1. The van der Waals surface area contributed by atoms with E-state index in [2.05, 4.69) is 15.5 Å². The second kappa shape index (κ2) is 8.85. The van der Waals surface area contributed by atoms with E-state index in [-0.39, 0.29) is 16.3 Å². The van der Waals surface area contributed by atoms with E-state index < -0.39 is 11.5 Å². The number of aromatic nitrogens is 4.